The molecule has 1 unspecified atom stereocenters. The van der Waals surface area contributed by atoms with Crippen LogP contribution in [0, 0.1) is 6.92 Å². The van der Waals surface area contributed by atoms with Crippen LogP contribution in [0.5, 0.6) is 0 Å². The van der Waals surface area contributed by atoms with Crippen LogP contribution in [0.4, 0.5) is 0 Å². The zero-order chi connectivity index (χ0) is 11.5. The average Bonchev–Trinajstić information content (AvgIpc) is 2.87. The maximum atomic E-state index is 6.10. The van der Waals surface area contributed by atoms with E-state index in [1.54, 1.807) is 12.5 Å². The molecule has 0 saturated heterocycles. The second-order valence-electron chi connectivity index (χ2n) is 3.74. The summed E-state index contributed by atoms with van der Waals surface area (Å²) in [4.78, 5) is 7.00. The Labute approximate surface area is 93.9 Å². The molecule has 3 N–H and O–H groups in total. The fraction of sp³-hybridized carbons (Fsp3) is 0.500. The van der Waals surface area contributed by atoms with Crippen molar-refractivity contribution in [3.8, 4) is 0 Å². The third-order valence-electron chi connectivity index (χ3n) is 2.61. The summed E-state index contributed by atoms with van der Waals surface area (Å²) in [6.07, 6.45) is 4.12. The predicted molar refractivity (Wildman–Crippen MR) is 59.7 cm³/mol. The number of rotatable bonds is 4. The van der Waals surface area contributed by atoms with E-state index >= 15 is 0 Å². The number of imidazole rings is 1. The summed E-state index contributed by atoms with van der Waals surface area (Å²) < 4.78 is 2.03. The van der Waals surface area contributed by atoms with E-state index in [-0.39, 0.29) is 6.04 Å². The van der Waals surface area contributed by atoms with Crippen LogP contribution < -0.4 is 5.73 Å². The van der Waals surface area contributed by atoms with E-state index in [4.69, 9.17) is 5.73 Å². The second kappa shape index (κ2) is 4.44. The molecule has 86 valence electrons. The van der Waals surface area contributed by atoms with Crippen molar-refractivity contribution in [1.29, 1.82) is 0 Å². The van der Waals surface area contributed by atoms with E-state index in [0.717, 1.165) is 23.9 Å². The minimum Gasteiger partial charge on any atom is -0.348 e. The van der Waals surface area contributed by atoms with Crippen LogP contribution in [-0.2, 0) is 13.0 Å². The number of H-pyrrole nitrogens is 1. The summed E-state index contributed by atoms with van der Waals surface area (Å²) in [5.74, 6) is 1.73. The molecule has 1 atom stereocenters. The Bertz CT molecular complexity index is 444. The lowest BCUT2D eigenvalue weighted by molar-refractivity contribution is 0.588. The van der Waals surface area contributed by atoms with Crippen LogP contribution in [0.25, 0.3) is 0 Å². The van der Waals surface area contributed by atoms with Gasteiger partial charge in [-0.3, -0.25) is 0 Å². The number of nitrogens with one attached hydrogen (secondary N) is 1. The number of hydrogen-bond acceptors (Lipinski definition) is 4. The van der Waals surface area contributed by atoms with Crippen molar-refractivity contribution in [1.82, 2.24) is 24.7 Å². The fourth-order valence-electron chi connectivity index (χ4n) is 1.79. The molecule has 0 saturated carbocycles. The number of hydrogen-bond donors (Lipinski definition) is 2. The highest BCUT2D eigenvalue weighted by molar-refractivity contribution is 5.05. The van der Waals surface area contributed by atoms with Crippen LogP contribution >= 0.6 is 0 Å². The van der Waals surface area contributed by atoms with Crippen LogP contribution in [0.3, 0.4) is 0 Å². The highest BCUT2D eigenvalue weighted by Crippen LogP contribution is 2.13. The summed E-state index contributed by atoms with van der Waals surface area (Å²) in [6.45, 7) is 4.83. The molecule has 0 spiro atoms. The van der Waals surface area contributed by atoms with Crippen molar-refractivity contribution in [2.24, 2.45) is 5.73 Å². The summed E-state index contributed by atoms with van der Waals surface area (Å²) in [7, 11) is 0. The molecule has 0 aliphatic rings. The van der Waals surface area contributed by atoms with Crippen molar-refractivity contribution >= 4 is 0 Å². The molecule has 6 nitrogen and oxygen atoms in total. The third kappa shape index (κ3) is 1.96. The molecule has 2 aromatic heterocycles. The maximum absolute atomic E-state index is 6.10. The van der Waals surface area contributed by atoms with Gasteiger partial charge in [-0.25, -0.2) is 4.98 Å². The Morgan fingerprint density at radius 3 is 2.94 bits per heavy atom. The molecule has 0 radical (unpaired) electrons. The lowest BCUT2D eigenvalue weighted by Crippen LogP contribution is -2.19. The van der Waals surface area contributed by atoms with Crippen molar-refractivity contribution in [3.63, 3.8) is 0 Å². The van der Waals surface area contributed by atoms with Gasteiger partial charge in [0.25, 0.3) is 0 Å². The molecule has 6 heteroatoms. The van der Waals surface area contributed by atoms with Crippen molar-refractivity contribution in [2.75, 3.05) is 0 Å². The Balaban J connectivity index is 2.17. The van der Waals surface area contributed by atoms with Gasteiger partial charge in [-0.15, -0.1) is 10.2 Å². The van der Waals surface area contributed by atoms with Gasteiger partial charge in [0, 0.05) is 24.9 Å². The lowest BCUT2D eigenvalue weighted by Gasteiger charge is -2.11. The molecule has 0 bridgehead atoms. The molecule has 0 aliphatic carbocycles. The summed E-state index contributed by atoms with van der Waals surface area (Å²) in [6, 6.07) is -0.151. The number of nitrogens with zero attached hydrogens (tertiary/aromatic N) is 4. The highest BCUT2D eigenvalue weighted by Gasteiger charge is 2.16. The van der Waals surface area contributed by atoms with Gasteiger partial charge in [0.05, 0.1) is 12.4 Å². The zero-order valence-corrected chi connectivity index (χ0v) is 9.51. The van der Waals surface area contributed by atoms with E-state index in [0.29, 0.717) is 6.42 Å². The number of aromatic amines is 1. The van der Waals surface area contributed by atoms with Crippen molar-refractivity contribution in [2.45, 2.75) is 32.9 Å². The van der Waals surface area contributed by atoms with Gasteiger partial charge in [0.2, 0.25) is 0 Å². The molecular formula is C10H16N6. The molecule has 2 aromatic rings. The first-order valence-corrected chi connectivity index (χ1v) is 5.35. The number of aryl methyl sites for hydroxylation is 1. The largest absolute Gasteiger partial charge is 0.348 e. The summed E-state index contributed by atoms with van der Waals surface area (Å²) in [5, 5.41) is 8.17. The third-order valence-corrected chi connectivity index (χ3v) is 2.61. The van der Waals surface area contributed by atoms with Gasteiger partial charge >= 0.3 is 0 Å². The predicted octanol–water partition coefficient (Wildman–Crippen LogP) is 0.572. The summed E-state index contributed by atoms with van der Waals surface area (Å²) in [5.41, 5.74) is 7.11. The lowest BCUT2D eigenvalue weighted by atomic mass is 10.1. The first-order valence-electron chi connectivity index (χ1n) is 5.35. The quantitative estimate of drug-likeness (QED) is 0.789. The SMILES string of the molecule is CCn1c(C)nnc1C(N)Cc1cnc[nH]1. The topological polar surface area (TPSA) is 85.4 Å². The Kier molecular flexibility index (Phi) is 3.00. The Morgan fingerprint density at radius 2 is 2.31 bits per heavy atom. The summed E-state index contributed by atoms with van der Waals surface area (Å²) >= 11 is 0. The van der Waals surface area contributed by atoms with Crippen molar-refractivity contribution < 1.29 is 0 Å². The van der Waals surface area contributed by atoms with Crippen molar-refractivity contribution in [3.05, 3.63) is 29.9 Å². The standard InChI is InChI=1S/C10H16N6/c1-3-16-7(2)14-15-10(16)9(11)4-8-5-12-6-13-8/h5-6,9H,3-4,11H2,1-2H3,(H,12,13). The van der Waals surface area contributed by atoms with Gasteiger partial charge in [-0.05, 0) is 13.8 Å². The van der Waals surface area contributed by atoms with E-state index in [1.165, 1.54) is 0 Å². The molecule has 2 heterocycles. The van der Waals surface area contributed by atoms with E-state index in [2.05, 4.69) is 27.1 Å². The molecule has 0 aromatic carbocycles. The Hall–Kier alpha value is -1.69. The first-order chi connectivity index (χ1) is 7.72. The monoisotopic (exact) mass is 220 g/mol. The van der Waals surface area contributed by atoms with Gasteiger partial charge in [-0.1, -0.05) is 0 Å². The van der Waals surface area contributed by atoms with Gasteiger partial charge in [0.15, 0.2) is 0 Å². The molecule has 2 rings (SSSR count). The van der Waals surface area contributed by atoms with Crippen LogP contribution in [0.1, 0.15) is 30.3 Å². The van der Waals surface area contributed by atoms with Crippen LogP contribution in [0.15, 0.2) is 12.5 Å². The molecule has 0 amide bonds. The van der Waals surface area contributed by atoms with Crippen LogP contribution in [0.2, 0.25) is 0 Å². The van der Waals surface area contributed by atoms with Gasteiger partial charge in [-0.2, -0.15) is 0 Å². The number of nitrogens with two attached hydrogens (primary N) is 1. The zero-order valence-electron chi connectivity index (χ0n) is 9.51. The minimum absolute atomic E-state index is 0.151. The molecular weight excluding hydrogens is 204 g/mol. The Morgan fingerprint density at radius 1 is 1.50 bits per heavy atom. The minimum atomic E-state index is -0.151. The molecule has 0 fully saturated rings. The van der Waals surface area contributed by atoms with E-state index < -0.39 is 0 Å². The molecule has 0 aliphatic heterocycles. The number of aromatic nitrogens is 5. The fourth-order valence-corrected chi connectivity index (χ4v) is 1.79. The average molecular weight is 220 g/mol. The first kappa shape index (κ1) is 10.8. The highest BCUT2D eigenvalue weighted by atomic mass is 15.3. The van der Waals surface area contributed by atoms with E-state index in [1.807, 2.05) is 11.5 Å². The van der Waals surface area contributed by atoms with Gasteiger partial charge < -0.3 is 15.3 Å². The maximum Gasteiger partial charge on any atom is 0.150 e. The van der Waals surface area contributed by atoms with E-state index in [9.17, 15) is 0 Å². The van der Waals surface area contributed by atoms with Crippen LogP contribution in [-0.4, -0.2) is 24.7 Å². The smallest absolute Gasteiger partial charge is 0.150 e. The van der Waals surface area contributed by atoms with Gasteiger partial charge in [0.1, 0.15) is 11.6 Å². The molecule has 16 heavy (non-hydrogen) atoms. The second-order valence-corrected chi connectivity index (χ2v) is 3.74. The normalized spacial score (nSPS) is 12.9.